The van der Waals surface area contributed by atoms with Crippen LogP contribution in [0.5, 0.6) is 0 Å². The molecule has 4 rings (SSSR count). The molecule has 2 N–H and O–H groups in total. The lowest BCUT2D eigenvalue weighted by Gasteiger charge is -2.34. The minimum absolute atomic E-state index is 0.0187. The first kappa shape index (κ1) is 22.4. The highest BCUT2D eigenvalue weighted by Crippen LogP contribution is 2.19. The summed E-state index contributed by atoms with van der Waals surface area (Å²) in [6, 6.07) is 15.8. The molecule has 1 aliphatic heterocycles. The first-order chi connectivity index (χ1) is 15.9. The average Bonchev–Trinajstić information content (AvgIpc) is 2.82. The molecule has 0 radical (unpaired) electrons. The number of hydrogen-bond donors (Lipinski definition) is 2. The summed E-state index contributed by atoms with van der Waals surface area (Å²) < 4.78 is 32.6. The van der Waals surface area contributed by atoms with Crippen LogP contribution in [0, 0.1) is 0 Å². The zero-order valence-electron chi connectivity index (χ0n) is 17.4. The summed E-state index contributed by atoms with van der Waals surface area (Å²) in [6.45, 7) is 0.269. The van der Waals surface area contributed by atoms with Crippen LogP contribution in [0.4, 0.5) is 11.6 Å². The van der Waals surface area contributed by atoms with E-state index in [1.807, 2.05) is 30.3 Å². The van der Waals surface area contributed by atoms with Gasteiger partial charge in [-0.3, -0.25) is 9.59 Å². The van der Waals surface area contributed by atoms with Crippen LogP contribution in [-0.2, 0) is 30.9 Å². The van der Waals surface area contributed by atoms with Gasteiger partial charge in [-0.25, -0.2) is 23.1 Å². The third-order valence-electron chi connectivity index (χ3n) is 4.92. The molecule has 10 nitrogen and oxygen atoms in total. The lowest BCUT2D eigenvalue weighted by molar-refractivity contribution is -0.154. The minimum atomic E-state index is -3.89. The molecule has 1 aliphatic rings. The largest absolute Gasteiger partial charge is 0.369 e. The van der Waals surface area contributed by atoms with Crippen molar-refractivity contribution in [3.05, 3.63) is 78.6 Å². The predicted molar refractivity (Wildman–Crippen MR) is 120 cm³/mol. The zero-order valence-corrected chi connectivity index (χ0v) is 18.2. The number of benzene rings is 2. The van der Waals surface area contributed by atoms with Gasteiger partial charge in [-0.05, 0) is 35.9 Å². The molecule has 33 heavy (non-hydrogen) atoms. The summed E-state index contributed by atoms with van der Waals surface area (Å²) >= 11 is 0. The third kappa shape index (κ3) is 5.51. The second-order valence-corrected chi connectivity index (χ2v) is 8.91. The van der Waals surface area contributed by atoms with Crippen LogP contribution in [-0.4, -0.2) is 54.4 Å². The number of sulfonamides is 1. The Hall–Kier alpha value is -3.83. The van der Waals surface area contributed by atoms with Crippen LogP contribution < -0.4 is 10.0 Å². The van der Waals surface area contributed by atoms with Gasteiger partial charge in [0.25, 0.3) is 10.0 Å². The van der Waals surface area contributed by atoms with E-state index in [0.29, 0.717) is 5.69 Å². The highest BCUT2D eigenvalue weighted by Gasteiger charge is 2.34. The molecule has 1 atom stereocenters. The number of ether oxygens (including phenoxy) is 1. The van der Waals surface area contributed by atoms with Gasteiger partial charge >= 0.3 is 0 Å². The minimum Gasteiger partial charge on any atom is -0.369 e. The van der Waals surface area contributed by atoms with E-state index in [9.17, 15) is 18.0 Å². The van der Waals surface area contributed by atoms with Crippen LogP contribution in [0.15, 0.2) is 78.0 Å². The maximum atomic E-state index is 12.9. The van der Waals surface area contributed by atoms with Crippen molar-refractivity contribution in [2.45, 2.75) is 17.5 Å². The molecule has 2 heterocycles. The van der Waals surface area contributed by atoms with E-state index in [-0.39, 0.29) is 36.5 Å². The van der Waals surface area contributed by atoms with Gasteiger partial charge in [0.05, 0.1) is 11.5 Å². The third-order valence-corrected chi connectivity index (χ3v) is 6.26. The Kier molecular flexibility index (Phi) is 6.61. The first-order valence-corrected chi connectivity index (χ1v) is 11.5. The Balaban J connectivity index is 1.44. The molecule has 3 aromatic rings. The summed E-state index contributed by atoms with van der Waals surface area (Å²) in [4.78, 5) is 34.5. The zero-order chi connectivity index (χ0) is 23.3. The molecular weight excluding hydrogens is 446 g/mol. The van der Waals surface area contributed by atoms with E-state index in [1.54, 1.807) is 6.07 Å². The molecule has 0 spiro atoms. The standard InChI is InChI=1S/C22H21N5O5S/c28-20-15-32-14-19(27(20)13-16-5-2-1-3-6-16)21(29)25-17-7-9-18(10-8-17)33(30,31)26-22-23-11-4-12-24-22/h1-12,19H,13-15H2,(H,25,29)(H,23,24,26)/t19-/m1/s1. The van der Waals surface area contributed by atoms with E-state index in [1.165, 1.54) is 41.6 Å². The molecule has 170 valence electrons. The SMILES string of the molecule is O=C(Nc1ccc(S(=O)(=O)Nc2ncccn2)cc1)[C@H]1COCC(=O)N1Cc1ccccc1. The Morgan fingerprint density at radius 3 is 2.42 bits per heavy atom. The first-order valence-electron chi connectivity index (χ1n) is 10.0. The fraction of sp³-hybridized carbons (Fsp3) is 0.182. The maximum absolute atomic E-state index is 12.9. The lowest BCUT2D eigenvalue weighted by Crippen LogP contribution is -2.54. The van der Waals surface area contributed by atoms with Crippen molar-refractivity contribution in [1.29, 1.82) is 0 Å². The van der Waals surface area contributed by atoms with Crippen molar-refractivity contribution in [2.75, 3.05) is 23.3 Å². The van der Waals surface area contributed by atoms with E-state index in [2.05, 4.69) is 20.0 Å². The van der Waals surface area contributed by atoms with E-state index >= 15 is 0 Å². The quantitative estimate of drug-likeness (QED) is 0.540. The van der Waals surface area contributed by atoms with Gasteiger partial charge in [0.15, 0.2) is 0 Å². The van der Waals surface area contributed by atoms with Crippen molar-refractivity contribution < 1.29 is 22.7 Å². The Morgan fingerprint density at radius 1 is 1.03 bits per heavy atom. The number of morpholine rings is 1. The average molecular weight is 468 g/mol. The van der Waals surface area contributed by atoms with Crippen LogP contribution >= 0.6 is 0 Å². The summed E-state index contributed by atoms with van der Waals surface area (Å²) in [6.07, 6.45) is 2.84. The summed E-state index contributed by atoms with van der Waals surface area (Å²) in [7, 11) is -3.89. The highest BCUT2D eigenvalue weighted by atomic mass is 32.2. The lowest BCUT2D eigenvalue weighted by atomic mass is 10.1. The van der Waals surface area contributed by atoms with Gasteiger partial charge in [0.1, 0.15) is 12.6 Å². The number of carbonyl (C=O) groups excluding carboxylic acids is 2. The summed E-state index contributed by atoms with van der Waals surface area (Å²) in [5, 5.41) is 2.72. The molecule has 1 saturated heterocycles. The van der Waals surface area contributed by atoms with Crippen molar-refractivity contribution in [3.63, 3.8) is 0 Å². The summed E-state index contributed by atoms with van der Waals surface area (Å²) in [5.74, 6) is -0.748. The number of carbonyl (C=O) groups is 2. The van der Waals surface area contributed by atoms with Crippen LogP contribution in [0.25, 0.3) is 0 Å². The smallest absolute Gasteiger partial charge is 0.264 e. The van der Waals surface area contributed by atoms with Gasteiger partial charge in [0, 0.05) is 24.6 Å². The van der Waals surface area contributed by atoms with E-state index < -0.39 is 22.0 Å². The summed E-state index contributed by atoms with van der Waals surface area (Å²) in [5.41, 5.74) is 1.28. The molecule has 2 amide bonds. The molecule has 0 unspecified atom stereocenters. The van der Waals surface area contributed by atoms with Gasteiger partial charge in [0.2, 0.25) is 17.8 Å². The van der Waals surface area contributed by atoms with Crippen LogP contribution in [0.3, 0.4) is 0 Å². The Morgan fingerprint density at radius 2 is 1.73 bits per heavy atom. The van der Waals surface area contributed by atoms with Crippen LogP contribution in [0.1, 0.15) is 5.56 Å². The van der Waals surface area contributed by atoms with E-state index in [0.717, 1.165) is 5.56 Å². The van der Waals surface area contributed by atoms with Gasteiger partial charge < -0.3 is 15.0 Å². The second-order valence-electron chi connectivity index (χ2n) is 7.23. The molecule has 1 aromatic heterocycles. The van der Waals surface area contributed by atoms with E-state index in [4.69, 9.17) is 4.74 Å². The number of nitrogens with one attached hydrogen (secondary N) is 2. The topological polar surface area (TPSA) is 131 Å². The van der Waals surface area contributed by atoms with Crippen molar-refractivity contribution >= 4 is 33.5 Å². The fourth-order valence-electron chi connectivity index (χ4n) is 3.27. The van der Waals surface area contributed by atoms with Crippen LogP contribution in [0.2, 0.25) is 0 Å². The number of nitrogens with zero attached hydrogens (tertiary/aromatic N) is 3. The Bertz CT molecular complexity index is 1220. The van der Waals surface area contributed by atoms with Crippen molar-refractivity contribution in [2.24, 2.45) is 0 Å². The number of aromatic nitrogens is 2. The molecule has 2 aromatic carbocycles. The van der Waals surface area contributed by atoms with Gasteiger partial charge in [-0.2, -0.15) is 0 Å². The fourth-order valence-corrected chi connectivity index (χ4v) is 4.23. The van der Waals surface area contributed by atoms with Gasteiger partial charge in [-0.15, -0.1) is 0 Å². The molecule has 0 aliphatic carbocycles. The monoisotopic (exact) mass is 467 g/mol. The van der Waals surface area contributed by atoms with Gasteiger partial charge in [-0.1, -0.05) is 30.3 Å². The molecular formula is C22H21N5O5S. The number of hydrogen-bond acceptors (Lipinski definition) is 7. The second kappa shape index (κ2) is 9.76. The number of amides is 2. The molecule has 0 saturated carbocycles. The normalized spacial score (nSPS) is 16.3. The predicted octanol–water partition coefficient (Wildman–Crippen LogP) is 1.64. The van der Waals surface area contributed by atoms with Crippen molar-refractivity contribution in [3.8, 4) is 0 Å². The molecule has 11 heteroatoms. The van der Waals surface area contributed by atoms with Crippen molar-refractivity contribution in [1.82, 2.24) is 14.9 Å². The maximum Gasteiger partial charge on any atom is 0.264 e. The number of rotatable bonds is 7. The molecule has 0 bridgehead atoms. The number of anilines is 2. The molecule has 1 fully saturated rings. The highest BCUT2D eigenvalue weighted by molar-refractivity contribution is 7.92. The Labute approximate surface area is 190 Å².